The number of nitrogens with zero attached hydrogens (tertiary/aromatic N) is 1. The molecule has 2 nitrogen and oxygen atoms in total. The summed E-state index contributed by atoms with van der Waals surface area (Å²) in [6, 6.07) is 9.88. The van der Waals surface area contributed by atoms with Crippen LogP contribution in [0.1, 0.15) is 18.6 Å². The minimum atomic E-state index is -0.406. The highest BCUT2D eigenvalue weighted by molar-refractivity contribution is 5.85. The molecule has 2 atom stereocenters. The van der Waals surface area contributed by atoms with Gasteiger partial charge in [-0.25, -0.2) is 0 Å². The molecule has 0 aromatic heterocycles. The quantitative estimate of drug-likeness (QED) is 0.835. The van der Waals surface area contributed by atoms with Gasteiger partial charge in [0.05, 0.1) is 6.10 Å². The van der Waals surface area contributed by atoms with Crippen LogP contribution >= 0.6 is 12.4 Å². The summed E-state index contributed by atoms with van der Waals surface area (Å²) in [6.45, 7) is 2.01. The summed E-state index contributed by atoms with van der Waals surface area (Å²) in [6.07, 6.45) is -0.406. The number of benzene rings is 1. The Morgan fingerprint density at radius 3 is 2.07 bits per heavy atom. The van der Waals surface area contributed by atoms with Crippen LogP contribution in [0, 0.1) is 0 Å². The fraction of sp³-hybridized carbons (Fsp3) is 0.455. The van der Waals surface area contributed by atoms with Gasteiger partial charge >= 0.3 is 0 Å². The maximum absolute atomic E-state index is 9.92. The standard InChI is InChI=1S/C11H17NO.ClH/c1-9(12(2)3)11(13)10-7-5-4-6-8-10;/h4-9,11,13H,1-3H3;1H/t9?,11-;/m0./s1. The molecule has 0 saturated carbocycles. The van der Waals surface area contributed by atoms with E-state index in [1.165, 1.54) is 0 Å². The molecule has 0 aliphatic carbocycles. The highest BCUT2D eigenvalue weighted by Crippen LogP contribution is 2.18. The maximum atomic E-state index is 9.92. The molecular weight excluding hydrogens is 198 g/mol. The number of rotatable bonds is 3. The Balaban J connectivity index is 0.00000169. The fourth-order valence-corrected chi connectivity index (χ4v) is 1.21. The van der Waals surface area contributed by atoms with Crippen LogP contribution in [0.25, 0.3) is 0 Å². The Kier molecular flexibility index (Phi) is 5.77. The SMILES string of the molecule is CC([C@H](O)c1ccccc1)N(C)C.Cl. The van der Waals surface area contributed by atoms with Crippen molar-refractivity contribution in [2.45, 2.75) is 19.1 Å². The Labute approximate surface area is 92.0 Å². The van der Waals surface area contributed by atoms with Crippen molar-refractivity contribution in [3.63, 3.8) is 0 Å². The van der Waals surface area contributed by atoms with Crippen LogP contribution in [-0.4, -0.2) is 30.1 Å². The van der Waals surface area contributed by atoms with E-state index in [2.05, 4.69) is 0 Å². The van der Waals surface area contributed by atoms with E-state index in [1.54, 1.807) is 0 Å². The largest absolute Gasteiger partial charge is 0.387 e. The number of hydrogen-bond acceptors (Lipinski definition) is 2. The molecule has 1 unspecified atom stereocenters. The average molecular weight is 216 g/mol. The van der Waals surface area contributed by atoms with Crippen LogP contribution in [0.15, 0.2) is 30.3 Å². The van der Waals surface area contributed by atoms with Gasteiger partial charge in [-0.1, -0.05) is 30.3 Å². The lowest BCUT2D eigenvalue weighted by Gasteiger charge is -2.25. The van der Waals surface area contributed by atoms with Crippen molar-refractivity contribution in [1.82, 2.24) is 4.90 Å². The van der Waals surface area contributed by atoms with Gasteiger partial charge in [0.25, 0.3) is 0 Å². The van der Waals surface area contributed by atoms with E-state index < -0.39 is 6.10 Å². The molecule has 1 aromatic rings. The number of aliphatic hydroxyl groups is 1. The molecule has 80 valence electrons. The van der Waals surface area contributed by atoms with Crippen molar-refractivity contribution in [3.05, 3.63) is 35.9 Å². The topological polar surface area (TPSA) is 23.5 Å². The van der Waals surface area contributed by atoms with Crippen LogP contribution in [-0.2, 0) is 0 Å². The summed E-state index contributed by atoms with van der Waals surface area (Å²) in [5, 5.41) is 9.92. The summed E-state index contributed by atoms with van der Waals surface area (Å²) in [5.41, 5.74) is 0.976. The Morgan fingerprint density at radius 2 is 1.64 bits per heavy atom. The minimum Gasteiger partial charge on any atom is -0.387 e. The second kappa shape index (κ2) is 6.02. The van der Waals surface area contributed by atoms with Gasteiger partial charge in [0.1, 0.15) is 0 Å². The lowest BCUT2D eigenvalue weighted by atomic mass is 10.0. The smallest absolute Gasteiger partial charge is 0.0942 e. The van der Waals surface area contributed by atoms with E-state index in [0.29, 0.717) is 0 Å². The lowest BCUT2D eigenvalue weighted by Crippen LogP contribution is -2.30. The Hall–Kier alpha value is -0.570. The molecule has 1 aromatic carbocycles. The molecule has 0 spiro atoms. The number of hydrogen-bond donors (Lipinski definition) is 1. The van der Waals surface area contributed by atoms with Crippen molar-refractivity contribution in [2.24, 2.45) is 0 Å². The van der Waals surface area contributed by atoms with E-state index in [9.17, 15) is 5.11 Å². The third-order valence-corrected chi connectivity index (χ3v) is 2.41. The molecule has 3 heteroatoms. The van der Waals surface area contributed by atoms with Crippen LogP contribution < -0.4 is 0 Å². The van der Waals surface area contributed by atoms with Crippen molar-refractivity contribution in [3.8, 4) is 0 Å². The molecule has 0 bridgehead atoms. The van der Waals surface area contributed by atoms with Crippen molar-refractivity contribution < 1.29 is 5.11 Å². The first kappa shape index (κ1) is 13.4. The van der Waals surface area contributed by atoms with Gasteiger partial charge in [-0.05, 0) is 26.6 Å². The van der Waals surface area contributed by atoms with Gasteiger partial charge in [-0.15, -0.1) is 12.4 Å². The molecule has 1 N–H and O–H groups in total. The van der Waals surface area contributed by atoms with Gasteiger partial charge < -0.3 is 10.0 Å². The van der Waals surface area contributed by atoms with Gasteiger partial charge in [0.15, 0.2) is 0 Å². The highest BCUT2D eigenvalue weighted by Gasteiger charge is 2.17. The predicted molar refractivity (Wildman–Crippen MR) is 61.8 cm³/mol. The van der Waals surface area contributed by atoms with Gasteiger partial charge in [0, 0.05) is 6.04 Å². The molecule has 0 aliphatic rings. The Morgan fingerprint density at radius 1 is 1.14 bits per heavy atom. The third-order valence-electron chi connectivity index (χ3n) is 2.41. The maximum Gasteiger partial charge on any atom is 0.0942 e. The van der Waals surface area contributed by atoms with Crippen molar-refractivity contribution in [2.75, 3.05) is 14.1 Å². The summed E-state index contributed by atoms with van der Waals surface area (Å²) in [5.74, 6) is 0. The molecule has 0 fully saturated rings. The van der Waals surface area contributed by atoms with Gasteiger partial charge in [-0.2, -0.15) is 0 Å². The first-order valence-electron chi connectivity index (χ1n) is 4.52. The predicted octanol–water partition coefficient (Wildman–Crippen LogP) is 2.09. The Bertz CT molecular complexity index is 251. The number of likely N-dealkylation sites (N-methyl/N-ethyl adjacent to an activating group) is 1. The second-order valence-corrected chi connectivity index (χ2v) is 3.56. The zero-order valence-electron chi connectivity index (χ0n) is 8.84. The van der Waals surface area contributed by atoms with Crippen LogP contribution in [0.2, 0.25) is 0 Å². The third kappa shape index (κ3) is 3.29. The first-order valence-corrected chi connectivity index (χ1v) is 4.52. The van der Waals surface area contributed by atoms with Gasteiger partial charge in [0.2, 0.25) is 0 Å². The van der Waals surface area contributed by atoms with Crippen LogP contribution in [0.4, 0.5) is 0 Å². The van der Waals surface area contributed by atoms with Crippen LogP contribution in [0.3, 0.4) is 0 Å². The lowest BCUT2D eigenvalue weighted by molar-refractivity contribution is 0.0858. The fourth-order valence-electron chi connectivity index (χ4n) is 1.21. The molecule has 0 amide bonds. The summed E-state index contributed by atoms with van der Waals surface area (Å²) >= 11 is 0. The molecule has 14 heavy (non-hydrogen) atoms. The molecule has 0 heterocycles. The molecule has 0 saturated heterocycles. The van der Waals surface area contributed by atoms with Crippen molar-refractivity contribution in [1.29, 1.82) is 0 Å². The van der Waals surface area contributed by atoms with Crippen LogP contribution in [0.5, 0.6) is 0 Å². The summed E-state index contributed by atoms with van der Waals surface area (Å²) in [7, 11) is 3.94. The highest BCUT2D eigenvalue weighted by atomic mass is 35.5. The monoisotopic (exact) mass is 215 g/mol. The van der Waals surface area contributed by atoms with E-state index in [0.717, 1.165) is 5.56 Å². The number of aliphatic hydroxyl groups excluding tert-OH is 1. The zero-order chi connectivity index (χ0) is 9.84. The van der Waals surface area contributed by atoms with Crippen molar-refractivity contribution >= 4 is 12.4 Å². The average Bonchev–Trinajstić information content (AvgIpc) is 2.17. The minimum absolute atomic E-state index is 0. The summed E-state index contributed by atoms with van der Waals surface area (Å²) < 4.78 is 0. The normalized spacial score (nSPS) is 14.6. The van der Waals surface area contributed by atoms with E-state index in [1.807, 2.05) is 56.3 Å². The zero-order valence-corrected chi connectivity index (χ0v) is 9.66. The van der Waals surface area contributed by atoms with Gasteiger partial charge in [-0.3, -0.25) is 0 Å². The molecule has 0 aliphatic heterocycles. The molecule has 1 rings (SSSR count). The second-order valence-electron chi connectivity index (χ2n) is 3.56. The van der Waals surface area contributed by atoms with E-state index in [4.69, 9.17) is 0 Å². The summed E-state index contributed by atoms with van der Waals surface area (Å²) in [4.78, 5) is 2.01. The molecular formula is C11H18ClNO. The first-order chi connectivity index (χ1) is 6.13. The van der Waals surface area contributed by atoms with E-state index >= 15 is 0 Å². The van der Waals surface area contributed by atoms with E-state index in [-0.39, 0.29) is 18.4 Å². The number of halogens is 1. The molecule has 0 radical (unpaired) electrons.